The van der Waals surface area contributed by atoms with Crippen molar-refractivity contribution in [2.75, 3.05) is 11.1 Å². The summed E-state index contributed by atoms with van der Waals surface area (Å²) >= 11 is 0. The Labute approximate surface area is 110 Å². The van der Waals surface area contributed by atoms with Gasteiger partial charge < -0.3 is 16.2 Å². The molecule has 0 aliphatic heterocycles. The fraction of sp³-hybridized carbons (Fsp3) is 0. The van der Waals surface area contributed by atoms with Crippen LogP contribution in [0.4, 0.5) is 17.1 Å². The lowest BCUT2D eigenvalue weighted by Crippen LogP contribution is -2.04. The van der Waals surface area contributed by atoms with Crippen LogP contribution in [0.15, 0.2) is 47.4 Å². The third kappa shape index (κ3) is 3.15. The Morgan fingerprint density at radius 3 is 2.26 bits per heavy atom. The highest BCUT2D eigenvalue weighted by Crippen LogP contribution is 2.27. The minimum atomic E-state index is -4.38. The normalized spacial score (nSPS) is 11.2. The van der Waals surface area contributed by atoms with E-state index in [0.717, 1.165) is 6.07 Å². The van der Waals surface area contributed by atoms with Crippen molar-refractivity contribution in [3.63, 3.8) is 0 Å². The molecule has 2 aromatic rings. The molecule has 0 fully saturated rings. The SMILES string of the molecule is Nc1ccc(Nc2ccc(O)cc2)c(S(=O)(=O)O)c1. The molecule has 7 heteroatoms. The number of anilines is 3. The van der Waals surface area contributed by atoms with Crippen LogP contribution in [0.2, 0.25) is 0 Å². The van der Waals surface area contributed by atoms with Gasteiger partial charge in [0.25, 0.3) is 10.1 Å². The van der Waals surface area contributed by atoms with Gasteiger partial charge >= 0.3 is 0 Å². The summed E-state index contributed by atoms with van der Waals surface area (Å²) in [6.45, 7) is 0. The molecular formula is C12H12N2O4S. The summed E-state index contributed by atoms with van der Waals surface area (Å²) in [5, 5.41) is 12.0. The quantitative estimate of drug-likeness (QED) is 0.388. The van der Waals surface area contributed by atoms with Crippen LogP contribution in [-0.2, 0) is 10.1 Å². The molecule has 0 aliphatic carbocycles. The van der Waals surface area contributed by atoms with Gasteiger partial charge in [0.15, 0.2) is 0 Å². The Balaban J connectivity index is 2.43. The molecular weight excluding hydrogens is 268 g/mol. The molecule has 0 amide bonds. The molecule has 0 heterocycles. The zero-order chi connectivity index (χ0) is 14.0. The number of nitrogens with two attached hydrogens (primary N) is 1. The maximum Gasteiger partial charge on any atom is 0.296 e. The first kappa shape index (κ1) is 13.2. The summed E-state index contributed by atoms with van der Waals surface area (Å²) in [6.07, 6.45) is 0. The summed E-state index contributed by atoms with van der Waals surface area (Å²) < 4.78 is 31.7. The van der Waals surface area contributed by atoms with Crippen LogP contribution >= 0.6 is 0 Å². The van der Waals surface area contributed by atoms with Gasteiger partial charge in [-0.25, -0.2) is 0 Å². The molecule has 0 atom stereocenters. The van der Waals surface area contributed by atoms with Gasteiger partial charge in [-0.05, 0) is 42.5 Å². The smallest absolute Gasteiger partial charge is 0.296 e. The number of nitrogens with one attached hydrogen (secondary N) is 1. The number of nitrogen functional groups attached to an aromatic ring is 1. The second-order valence-corrected chi connectivity index (χ2v) is 5.29. The van der Waals surface area contributed by atoms with Gasteiger partial charge in [-0.3, -0.25) is 4.55 Å². The predicted molar refractivity (Wildman–Crippen MR) is 72.1 cm³/mol. The van der Waals surface area contributed by atoms with Crippen molar-refractivity contribution in [3.05, 3.63) is 42.5 Å². The first-order valence-corrected chi connectivity index (χ1v) is 6.73. The van der Waals surface area contributed by atoms with Gasteiger partial charge in [0.1, 0.15) is 10.6 Å². The number of hydrogen-bond acceptors (Lipinski definition) is 5. The van der Waals surface area contributed by atoms with Crippen molar-refractivity contribution in [1.29, 1.82) is 0 Å². The summed E-state index contributed by atoms with van der Waals surface area (Å²) in [6, 6.07) is 10.2. The highest BCUT2D eigenvalue weighted by molar-refractivity contribution is 7.86. The second-order valence-electron chi connectivity index (χ2n) is 3.90. The first-order chi connectivity index (χ1) is 8.86. The fourth-order valence-corrected chi connectivity index (χ4v) is 2.24. The first-order valence-electron chi connectivity index (χ1n) is 5.29. The molecule has 0 aromatic heterocycles. The Hall–Kier alpha value is -2.25. The van der Waals surface area contributed by atoms with Crippen LogP contribution < -0.4 is 11.1 Å². The lowest BCUT2D eigenvalue weighted by Gasteiger charge is -2.11. The van der Waals surface area contributed by atoms with Crippen LogP contribution in [-0.4, -0.2) is 18.1 Å². The highest BCUT2D eigenvalue weighted by atomic mass is 32.2. The summed E-state index contributed by atoms with van der Waals surface area (Å²) in [7, 11) is -4.38. The zero-order valence-electron chi connectivity index (χ0n) is 9.74. The van der Waals surface area contributed by atoms with Crippen molar-refractivity contribution in [3.8, 4) is 5.75 Å². The molecule has 19 heavy (non-hydrogen) atoms. The molecule has 2 aromatic carbocycles. The number of benzene rings is 2. The van der Waals surface area contributed by atoms with Crippen molar-refractivity contribution >= 4 is 27.2 Å². The molecule has 0 spiro atoms. The van der Waals surface area contributed by atoms with Crippen molar-refractivity contribution < 1.29 is 18.1 Å². The van der Waals surface area contributed by atoms with E-state index in [9.17, 15) is 8.42 Å². The standard InChI is InChI=1S/C12H12N2O4S/c13-8-1-6-11(12(7-8)19(16,17)18)14-9-2-4-10(15)5-3-9/h1-7,14-15H,13H2,(H,16,17,18). The number of phenols is 1. The summed E-state index contributed by atoms with van der Waals surface area (Å²) in [5.74, 6) is 0.0952. The largest absolute Gasteiger partial charge is 0.508 e. The van der Waals surface area contributed by atoms with E-state index in [1.807, 2.05) is 0 Å². The van der Waals surface area contributed by atoms with Crippen molar-refractivity contribution in [1.82, 2.24) is 0 Å². The lowest BCUT2D eigenvalue weighted by molar-refractivity contribution is 0.475. The Bertz CT molecular complexity index is 696. The average Bonchev–Trinajstić information content (AvgIpc) is 2.33. The molecule has 0 saturated carbocycles. The maximum atomic E-state index is 11.3. The number of rotatable bonds is 3. The number of aromatic hydroxyl groups is 1. The van der Waals surface area contributed by atoms with Gasteiger partial charge in [0, 0.05) is 11.4 Å². The zero-order valence-corrected chi connectivity index (χ0v) is 10.6. The molecule has 5 N–H and O–H groups in total. The highest BCUT2D eigenvalue weighted by Gasteiger charge is 2.16. The molecule has 2 rings (SSSR count). The van der Waals surface area contributed by atoms with Crippen LogP contribution in [0.5, 0.6) is 5.75 Å². The molecule has 0 aliphatic rings. The minimum Gasteiger partial charge on any atom is -0.508 e. The van der Waals surface area contributed by atoms with Gasteiger partial charge in [-0.2, -0.15) is 8.42 Å². The molecule has 0 unspecified atom stereocenters. The van der Waals surface area contributed by atoms with E-state index in [-0.39, 0.29) is 22.0 Å². The van der Waals surface area contributed by atoms with Crippen LogP contribution in [0.1, 0.15) is 0 Å². The second kappa shape index (κ2) is 4.79. The van der Waals surface area contributed by atoms with E-state index in [1.165, 1.54) is 24.3 Å². The molecule has 0 radical (unpaired) electrons. The number of phenolic OH excluding ortho intramolecular Hbond substituents is 1. The van der Waals surface area contributed by atoms with E-state index >= 15 is 0 Å². The van der Waals surface area contributed by atoms with Crippen LogP contribution in [0, 0.1) is 0 Å². The molecule has 100 valence electrons. The van der Waals surface area contributed by atoms with E-state index < -0.39 is 10.1 Å². The van der Waals surface area contributed by atoms with Crippen molar-refractivity contribution in [2.24, 2.45) is 0 Å². The van der Waals surface area contributed by atoms with Crippen molar-refractivity contribution in [2.45, 2.75) is 4.90 Å². The van der Waals surface area contributed by atoms with Gasteiger partial charge in [0.05, 0.1) is 5.69 Å². The van der Waals surface area contributed by atoms with Crippen LogP contribution in [0.25, 0.3) is 0 Å². The van der Waals surface area contributed by atoms with Gasteiger partial charge in [0.2, 0.25) is 0 Å². The Morgan fingerprint density at radius 2 is 1.68 bits per heavy atom. The average molecular weight is 280 g/mol. The van der Waals surface area contributed by atoms with E-state index in [4.69, 9.17) is 15.4 Å². The molecule has 0 bridgehead atoms. The van der Waals surface area contributed by atoms with Gasteiger partial charge in [-0.15, -0.1) is 0 Å². The van der Waals surface area contributed by atoms with E-state index in [2.05, 4.69) is 5.32 Å². The predicted octanol–water partition coefficient (Wildman–Crippen LogP) is 1.96. The minimum absolute atomic E-state index is 0.0952. The third-order valence-corrected chi connectivity index (χ3v) is 3.32. The number of hydrogen-bond donors (Lipinski definition) is 4. The summed E-state index contributed by atoms with van der Waals surface area (Å²) in [4.78, 5) is -0.305. The maximum absolute atomic E-state index is 11.3. The fourth-order valence-electron chi connectivity index (χ4n) is 1.56. The van der Waals surface area contributed by atoms with E-state index in [1.54, 1.807) is 12.1 Å². The monoisotopic (exact) mass is 280 g/mol. The summed E-state index contributed by atoms with van der Waals surface area (Å²) in [5.41, 5.74) is 6.49. The van der Waals surface area contributed by atoms with Gasteiger partial charge in [-0.1, -0.05) is 0 Å². The topological polar surface area (TPSA) is 113 Å². The molecule has 6 nitrogen and oxygen atoms in total. The third-order valence-electron chi connectivity index (χ3n) is 2.43. The lowest BCUT2D eigenvalue weighted by atomic mass is 10.2. The van der Waals surface area contributed by atoms with Crippen LogP contribution in [0.3, 0.4) is 0 Å². The Morgan fingerprint density at radius 1 is 1.05 bits per heavy atom. The molecule has 0 saturated heterocycles. The Kier molecular flexibility index (Phi) is 3.32. The van der Waals surface area contributed by atoms with E-state index in [0.29, 0.717) is 5.69 Å².